The van der Waals surface area contributed by atoms with E-state index in [9.17, 15) is 9.50 Å². The molecule has 0 saturated carbocycles. The predicted octanol–water partition coefficient (Wildman–Crippen LogP) is 4.07. The van der Waals surface area contributed by atoms with Gasteiger partial charge in [-0.25, -0.2) is 4.39 Å². The second-order valence-corrected chi connectivity index (χ2v) is 3.45. The molecule has 0 bridgehead atoms. The number of pyridine rings is 1. The SMILES string of the molecule is CC.Cc1cc(O)cc2ncc(F)c(Cl)c12. The minimum atomic E-state index is -0.548. The summed E-state index contributed by atoms with van der Waals surface area (Å²) in [6, 6.07) is 2.98. The molecule has 0 unspecified atom stereocenters. The zero-order chi connectivity index (χ0) is 12.3. The first-order valence-electron chi connectivity index (χ1n) is 5.03. The van der Waals surface area contributed by atoms with Crippen molar-refractivity contribution >= 4 is 22.5 Å². The summed E-state index contributed by atoms with van der Waals surface area (Å²) in [7, 11) is 0. The molecule has 0 aliphatic carbocycles. The zero-order valence-corrected chi connectivity index (χ0v) is 10.1. The molecule has 0 atom stereocenters. The van der Waals surface area contributed by atoms with Gasteiger partial charge in [0.15, 0.2) is 5.82 Å². The van der Waals surface area contributed by atoms with E-state index >= 15 is 0 Å². The molecule has 16 heavy (non-hydrogen) atoms. The third kappa shape index (κ3) is 2.25. The lowest BCUT2D eigenvalue weighted by Crippen LogP contribution is -1.87. The molecule has 0 aliphatic heterocycles. The molecule has 1 heterocycles. The molecule has 4 heteroatoms. The topological polar surface area (TPSA) is 33.1 Å². The van der Waals surface area contributed by atoms with Gasteiger partial charge < -0.3 is 5.11 Å². The molecule has 0 fully saturated rings. The average molecular weight is 242 g/mol. The fourth-order valence-corrected chi connectivity index (χ4v) is 1.73. The zero-order valence-electron chi connectivity index (χ0n) is 9.38. The Labute approximate surface area is 98.7 Å². The average Bonchev–Trinajstić information content (AvgIpc) is 2.26. The summed E-state index contributed by atoms with van der Waals surface area (Å²) in [4.78, 5) is 3.84. The van der Waals surface area contributed by atoms with Crippen molar-refractivity contribution < 1.29 is 9.50 Å². The van der Waals surface area contributed by atoms with Crippen molar-refractivity contribution in [1.29, 1.82) is 0 Å². The van der Waals surface area contributed by atoms with Crippen LogP contribution in [0.3, 0.4) is 0 Å². The summed E-state index contributed by atoms with van der Waals surface area (Å²) < 4.78 is 13.1. The van der Waals surface area contributed by atoms with Gasteiger partial charge in [0.25, 0.3) is 0 Å². The van der Waals surface area contributed by atoms with Crippen molar-refractivity contribution in [2.24, 2.45) is 0 Å². The number of aromatic hydroxyl groups is 1. The van der Waals surface area contributed by atoms with E-state index in [1.807, 2.05) is 13.8 Å². The molecule has 0 radical (unpaired) electrons. The van der Waals surface area contributed by atoms with Crippen LogP contribution in [0.4, 0.5) is 4.39 Å². The number of phenols is 1. The quantitative estimate of drug-likeness (QED) is 0.754. The molecular weight excluding hydrogens is 229 g/mol. The van der Waals surface area contributed by atoms with Crippen LogP contribution >= 0.6 is 11.6 Å². The molecule has 1 aromatic heterocycles. The fourth-order valence-electron chi connectivity index (χ4n) is 1.44. The molecule has 2 nitrogen and oxygen atoms in total. The highest BCUT2D eigenvalue weighted by Crippen LogP contribution is 2.30. The highest BCUT2D eigenvalue weighted by atomic mass is 35.5. The number of phenolic OH excluding ortho intramolecular Hbond substituents is 1. The first-order valence-corrected chi connectivity index (χ1v) is 5.40. The Balaban J connectivity index is 0.000000606. The third-order valence-electron chi connectivity index (χ3n) is 2.05. The first-order chi connectivity index (χ1) is 7.59. The van der Waals surface area contributed by atoms with E-state index in [-0.39, 0.29) is 10.8 Å². The second kappa shape index (κ2) is 5.12. The van der Waals surface area contributed by atoms with E-state index in [4.69, 9.17) is 11.6 Å². The van der Waals surface area contributed by atoms with Crippen LogP contribution < -0.4 is 0 Å². The normalized spacial score (nSPS) is 9.81. The van der Waals surface area contributed by atoms with E-state index in [2.05, 4.69) is 4.98 Å². The molecule has 1 aromatic carbocycles. The standard InChI is InChI=1S/C10H7ClFNO.C2H6/c1-5-2-6(14)3-8-9(5)10(11)7(12)4-13-8;1-2/h2-4,14H,1H3;1-2H3. The Morgan fingerprint density at radius 2 is 1.94 bits per heavy atom. The van der Waals surface area contributed by atoms with Crippen LogP contribution in [-0.4, -0.2) is 10.1 Å². The van der Waals surface area contributed by atoms with Gasteiger partial charge in [-0.05, 0) is 18.6 Å². The number of aryl methyl sites for hydroxylation is 1. The van der Waals surface area contributed by atoms with Gasteiger partial charge in [-0.3, -0.25) is 4.98 Å². The molecule has 86 valence electrons. The number of benzene rings is 1. The fraction of sp³-hybridized carbons (Fsp3) is 0.250. The maximum Gasteiger partial charge on any atom is 0.160 e. The Kier molecular flexibility index (Phi) is 4.07. The van der Waals surface area contributed by atoms with E-state index in [1.165, 1.54) is 12.1 Å². The molecule has 0 saturated heterocycles. The predicted molar refractivity (Wildman–Crippen MR) is 64.5 cm³/mol. The summed E-state index contributed by atoms with van der Waals surface area (Å²) in [6.45, 7) is 5.75. The number of hydrogen-bond acceptors (Lipinski definition) is 2. The van der Waals surface area contributed by atoms with Gasteiger partial charge in [-0.2, -0.15) is 0 Å². The summed E-state index contributed by atoms with van der Waals surface area (Å²) in [5, 5.41) is 9.89. The van der Waals surface area contributed by atoms with Crippen LogP contribution in [0.25, 0.3) is 10.9 Å². The molecule has 2 rings (SSSR count). The summed E-state index contributed by atoms with van der Waals surface area (Å²) in [5.41, 5.74) is 1.20. The van der Waals surface area contributed by atoms with Gasteiger partial charge in [0.1, 0.15) is 5.75 Å². The molecule has 0 aliphatic rings. The van der Waals surface area contributed by atoms with Gasteiger partial charge in [-0.15, -0.1) is 0 Å². The van der Waals surface area contributed by atoms with E-state index in [0.717, 1.165) is 6.20 Å². The van der Waals surface area contributed by atoms with Gasteiger partial charge in [0.2, 0.25) is 0 Å². The number of aromatic nitrogens is 1. The van der Waals surface area contributed by atoms with Crippen LogP contribution in [0.15, 0.2) is 18.3 Å². The van der Waals surface area contributed by atoms with Crippen LogP contribution in [0.1, 0.15) is 19.4 Å². The van der Waals surface area contributed by atoms with Gasteiger partial charge in [0, 0.05) is 11.5 Å². The minimum Gasteiger partial charge on any atom is -0.508 e. The van der Waals surface area contributed by atoms with Crippen molar-refractivity contribution in [3.8, 4) is 5.75 Å². The number of rotatable bonds is 0. The van der Waals surface area contributed by atoms with Gasteiger partial charge >= 0.3 is 0 Å². The van der Waals surface area contributed by atoms with Crippen LogP contribution in [0.2, 0.25) is 5.02 Å². The van der Waals surface area contributed by atoms with Crippen molar-refractivity contribution in [3.63, 3.8) is 0 Å². The smallest absolute Gasteiger partial charge is 0.160 e. The molecule has 0 spiro atoms. The maximum absolute atomic E-state index is 13.1. The Morgan fingerprint density at radius 1 is 1.31 bits per heavy atom. The van der Waals surface area contributed by atoms with Crippen LogP contribution in [0.5, 0.6) is 5.75 Å². The largest absolute Gasteiger partial charge is 0.508 e. The van der Waals surface area contributed by atoms with Crippen molar-refractivity contribution in [1.82, 2.24) is 4.98 Å². The number of nitrogens with zero attached hydrogens (tertiary/aromatic N) is 1. The second-order valence-electron chi connectivity index (χ2n) is 3.08. The van der Waals surface area contributed by atoms with Crippen molar-refractivity contribution in [2.45, 2.75) is 20.8 Å². The van der Waals surface area contributed by atoms with Gasteiger partial charge in [-0.1, -0.05) is 25.4 Å². The molecule has 1 N–H and O–H groups in total. The molecule has 0 amide bonds. The molecule has 2 aromatic rings. The highest BCUT2D eigenvalue weighted by molar-refractivity contribution is 6.35. The lowest BCUT2D eigenvalue weighted by atomic mass is 10.1. The Morgan fingerprint density at radius 3 is 2.56 bits per heavy atom. The Hall–Kier alpha value is -1.35. The van der Waals surface area contributed by atoms with E-state index in [0.29, 0.717) is 16.5 Å². The summed E-state index contributed by atoms with van der Waals surface area (Å²) in [5.74, 6) is -0.446. The highest BCUT2D eigenvalue weighted by Gasteiger charge is 2.09. The number of halogens is 2. The van der Waals surface area contributed by atoms with E-state index < -0.39 is 5.82 Å². The van der Waals surface area contributed by atoms with Crippen molar-refractivity contribution in [2.75, 3.05) is 0 Å². The summed E-state index contributed by atoms with van der Waals surface area (Å²) in [6.07, 6.45) is 1.05. The number of fused-ring (bicyclic) bond motifs is 1. The third-order valence-corrected chi connectivity index (χ3v) is 2.42. The van der Waals surface area contributed by atoms with E-state index in [1.54, 1.807) is 6.92 Å². The van der Waals surface area contributed by atoms with Gasteiger partial charge in [0.05, 0.1) is 16.7 Å². The lowest BCUT2D eigenvalue weighted by molar-refractivity contribution is 0.475. The van der Waals surface area contributed by atoms with Crippen LogP contribution in [-0.2, 0) is 0 Å². The first kappa shape index (κ1) is 12.7. The Bertz CT molecular complexity index is 514. The monoisotopic (exact) mass is 241 g/mol. The number of hydrogen-bond donors (Lipinski definition) is 1. The van der Waals surface area contributed by atoms with Crippen molar-refractivity contribution in [3.05, 3.63) is 34.7 Å². The minimum absolute atomic E-state index is 0.0486. The lowest BCUT2D eigenvalue weighted by Gasteiger charge is -2.05. The maximum atomic E-state index is 13.1. The van der Waals surface area contributed by atoms with Crippen LogP contribution in [0, 0.1) is 12.7 Å². The molecular formula is C12H13ClFNO. The summed E-state index contributed by atoms with van der Waals surface area (Å²) >= 11 is 5.79.